The summed E-state index contributed by atoms with van der Waals surface area (Å²) in [5, 5.41) is 9.47. The zero-order valence-electron chi connectivity index (χ0n) is 12.4. The molecule has 5 heteroatoms. The van der Waals surface area contributed by atoms with E-state index in [0.717, 1.165) is 12.0 Å². The minimum atomic E-state index is -0.957. The Morgan fingerprint density at radius 3 is 2.48 bits per heavy atom. The SMILES string of the molecule is O=C(O)C1(c2cc(F)c(OCc3ccccc3)c(Br)c2)CCC1. The third-order valence-electron chi connectivity index (χ3n) is 4.39. The van der Waals surface area contributed by atoms with Gasteiger partial charge in [0.05, 0.1) is 9.89 Å². The first-order valence-corrected chi connectivity index (χ1v) is 8.22. The van der Waals surface area contributed by atoms with Crippen LogP contribution in [0.3, 0.4) is 0 Å². The molecule has 0 amide bonds. The third-order valence-corrected chi connectivity index (χ3v) is 4.98. The van der Waals surface area contributed by atoms with E-state index in [-0.39, 0.29) is 12.4 Å². The summed E-state index contributed by atoms with van der Waals surface area (Å²) in [4.78, 5) is 11.6. The van der Waals surface area contributed by atoms with Crippen molar-refractivity contribution in [2.45, 2.75) is 31.3 Å². The number of carbonyl (C=O) groups is 1. The van der Waals surface area contributed by atoms with Gasteiger partial charge in [-0.15, -0.1) is 0 Å². The van der Waals surface area contributed by atoms with Gasteiger partial charge in [0.2, 0.25) is 0 Å². The molecule has 0 atom stereocenters. The standard InChI is InChI=1S/C18H16BrFO3/c19-14-9-13(18(17(21)22)7-4-8-18)10-15(20)16(14)23-11-12-5-2-1-3-6-12/h1-3,5-6,9-10H,4,7-8,11H2,(H,21,22). The minimum absolute atomic E-state index is 0.109. The summed E-state index contributed by atoms with van der Waals surface area (Å²) in [6.45, 7) is 0.250. The van der Waals surface area contributed by atoms with Gasteiger partial charge in [0, 0.05) is 0 Å². The lowest BCUT2D eigenvalue weighted by Crippen LogP contribution is -2.42. The van der Waals surface area contributed by atoms with Gasteiger partial charge in [-0.1, -0.05) is 36.8 Å². The fourth-order valence-electron chi connectivity index (χ4n) is 2.86. The van der Waals surface area contributed by atoms with E-state index in [1.807, 2.05) is 30.3 Å². The molecule has 0 aromatic heterocycles. The van der Waals surface area contributed by atoms with Crippen LogP contribution in [0.2, 0.25) is 0 Å². The second-order valence-electron chi connectivity index (χ2n) is 5.78. The molecule has 3 nitrogen and oxygen atoms in total. The highest BCUT2D eigenvalue weighted by Crippen LogP contribution is 2.46. The number of carboxylic acid groups (broad SMARTS) is 1. The Bertz CT molecular complexity index is 703. The maximum Gasteiger partial charge on any atom is 0.314 e. The summed E-state index contributed by atoms with van der Waals surface area (Å²) in [5.74, 6) is -1.33. The van der Waals surface area contributed by atoms with Crippen molar-refractivity contribution in [1.82, 2.24) is 0 Å². The van der Waals surface area contributed by atoms with Crippen LogP contribution in [0.1, 0.15) is 30.4 Å². The van der Waals surface area contributed by atoms with Crippen molar-refractivity contribution >= 4 is 21.9 Å². The molecule has 0 bridgehead atoms. The van der Waals surface area contributed by atoms with Gasteiger partial charge in [-0.2, -0.15) is 0 Å². The summed E-state index contributed by atoms with van der Waals surface area (Å²) >= 11 is 3.31. The average molecular weight is 379 g/mol. The molecule has 0 aliphatic heterocycles. The third kappa shape index (κ3) is 2.98. The van der Waals surface area contributed by atoms with Gasteiger partial charge in [0.15, 0.2) is 11.6 Å². The van der Waals surface area contributed by atoms with Crippen molar-refractivity contribution in [2.24, 2.45) is 0 Å². The molecule has 1 aliphatic carbocycles. The fraction of sp³-hybridized carbons (Fsp3) is 0.278. The van der Waals surface area contributed by atoms with Gasteiger partial charge in [-0.3, -0.25) is 4.79 Å². The molecule has 1 saturated carbocycles. The lowest BCUT2D eigenvalue weighted by atomic mass is 9.64. The highest BCUT2D eigenvalue weighted by Gasteiger charge is 2.46. The predicted molar refractivity (Wildman–Crippen MR) is 88.0 cm³/mol. The van der Waals surface area contributed by atoms with Crippen molar-refractivity contribution in [3.8, 4) is 5.75 Å². The second kappa shape index (κ2) is 6.32. The number of halogens is 2. The Morgan fingerprint density at radius 1 is 1.26 bits per heavy atom. The van der Waals surface area contributed by atoms with Gasteiger partial charge in [-0.05, 0) is 52.0 Å². The van der Waals surface area contributed by atoms with Gasteiger partial charge in [0.25, 0.3) is 0 Å². The van der Waals surface area contributed by atoms with Crippen molar-refractivity contribution in [3.05, 3.63) is 63.9 Å². The van der Waals surface area contributed by atoms with Crippen molar-refractivity contribution < 1.29 is 19.0 Å². The first-order chi connectivity index (χ1) is 11.0. The number of carboxylic acids is 1. The molecule has 0 radical (unpaired) electrons. The molecular formula is C18H16BrFO3. The molecule has 1 fully saturated rings. The average Bonchev–Trinajstić information content (AvgIpc) is 2.46. The Morgan fingerprint density at radius 2 is 1.96 bits per heavy atom. The van der Waals surface area contributed by atoms with E-state index < -0.39 is 17.2 Å². The molecule has 1 aliphatic rings. The lowest BCUT2D eigenvalue weighted by molar-refractivity contribution is -0.147. The van der Waals surface area contributed by atoms with E-state index >= 15 is 0 Å². The molecule has 0 saturated heterocycles. The van der Waals surface area contributed by atoms with Gasteiger partial charge in [0.1, 0.15) is 6.61 Å². The number of benzene rings is 2. The molecule has 0 heterocycles. The first kappa shape index (κ1) is 16.0. The lowest BCUT2D eigenvalue weighted by Gasteiger charge is -2.38. The Balaban J connectivity index is 1.85. The number of rotatable bonds is 5. The molecule has 0 spiro atoms. The summed E-state index contributed by atoms with van der Waals surface area (Å²) in [6.07, 6.45) is 1.93. The fourth-order valence-corrected chi connectivity index (χ4v) is 3.41. The van der Waals surface area contributed by atoms with E-state index in [9.17, 15) is 14.3 Å². The summed E-state index contributed by atoms with van der Waals surface area (Å²) in [5.41, 5.74) is 0.470. The number of hydrogen-bond donors (Lipinski definition) is 1. The van der Waals surface area contributed by atoms with Crippen LogP contribution in [0.15, 0.2) is 46.9 Å². The molecule has 2 aromatic carbocycles. The quantitative estimate of drug-likeness (QED) is 0.821. The number of hydrogen-bond acceptors (Lipinski definition) is 2. The van der Waals surface area contributed by atoms with Crippen LogP contribution >= 0.6 is 15.9 Å². The maximum atomic E-state index is 14.4. The van der Waals surface area contributed by atoms with Crippen molar-refractivity contribution in [3.63, 3.8) is 0 Å². The normalized spacial score (nSPS) is 15.7. The highest BCUT2D eigenvalue weighted by atomic mass is 79.9. The highest BCUT2D eigenvalue weighted by molar-refractivity contribution is 9.10. The smallest absolute Gasteiger partial charge is 0.314 e. The zero-order valence-corrected chi connectivity index (χ0v) is 14.0. The van der Waals surface area contributed by atoms with Crippen LogP contribution in [0.4, 0.5) is 4.39 Å². The Labute approximate surface area is 142 Å². The second-order valence-corrected chi connectivity index (χ2v) is 6.64. The van der Waals surface area contributed by atoms with E-state index in [1.165, 1.54) is 6.07 Å². The van der Waals surface area contributed by atoms with Gasteiger partial charge >= 0.3 is 5.97 Å². The predicted octanol–water partition coefficient (Wildman–Crippen LogP) is 4.67. The molecule has 3 rings (SSSR count). The van der Waals surface area contributed by atoms with Crippen LogP contribution in [-0.4, -0.2) is 11.1 Å². The maximum absolute atomic E-state index is 14.4. The molecule has 2 aromatic rings. The zero-order chi connectivity index (χ0) is 16.4. The summed E-state index contributed by atoms with van der Waals surface area (Å²) in [6, 6.07) is 12.4. The van der Waals surface area contributed by atoms with Crippen LogP contribution in [-0.2, 0) is 16.8 Å². The minimum Gasteiger partial charge on any atom is -0.485 e. The molecule has 0 unspecified atom stereocenters. The van der Waals surface area contributed by atoms with E-state index in [0.29, 0.717) is 22.9 Å². The van der Waals surface area contributed by atoms with Crippen LogP contribution in [0.5, 0.6) is 5.75 Å². The Hall–Kier alpha value is -1.88. The molecule has 120 valence electrons. The first-order valence-electron chi connectivity index (χ1n) is 7.42. The van der Waals surface area contributed by atoms with Gasteiger partial charge in [-0.25, -0.2) is 4.39 Å². The number of ether oxygens (including phenoxy) is 1. The van der Waals surface area contributed by atoms with E-state index in [4.69, 9.17) is 4.74 Å². The van der Waals surface area contributed by atoms with E-state index in [2.05, 4.69) is 15.9 Å². The van der Waals surface area contributed by atoms with Crippen molar-refractivity contribution in [2.75, 3.05) is 0 Å². The van der Waals surface area contributed by atoms with Crippen LogP contribution in [0, 0.1) is 5.82 Å². The molecule has 23 heavy (non-hydrogen) atoms. The van der Waals surface area contributed by atoms with Crippen molar-refractivity contribution in [1.29, 1.82) is 0 Å². The topological polar surface area (TPSA) is 46.5 Å². The van der Waals surface area contributed by atoms with Gasteiger partial charge < -0.3 is 9.84 Å². The molecular weight excluding hydrogens is 363 g/mol. The largest absolute Gasteiger partial charge is 0.485 e. The van der Waals surface area contributed by atoms with E-state index in [1.54, 1.807) is 6.07 Å². The van der Waals surface area contributed by atoms with Crippen LogP contribution < -0.4 is 4.74 Å². The Kier molecular flexibility index (Phi) is 4.39. The summed E-state index contributed by atoms with van der Waals surface area (Å²) < 4.78 is 20.4. The van der Waals surface area contributed by atoms with Crippen LogP contribution in [0.25, 0.3) is 0 Å². The molecule has 1 N–H and O–H groups in total. The summed E-state index contributed by atoms with van der Waals surface area (Å²) in [7, 11) is 0. The monoisotopic (exact) mass is 378 g/mol. The number of aliphatic carboxylic acids is 1.